The molecule has 1 heterocycles. The fourth-order valence-corrected chi connectivity index (χ4v) is 2.43. The average molecular weight is 266 g/mol. The Morgan fingerprint density at radius 2 is 1.90 bits per heavy atom. The number of benzene rings is 2. The number of rotatable bonds is 3. The van der Waals surface area contributed by atoms with Gasteiger partial charge in [0.05, 0.1) is 5.56 Å². The van der Waals surface area contributed by atoms with Crippen molar-refractivity contribution >= 4 is 16.8 Å². The molecule has 0 atom stereocenters. The molecular weight excluding hydrogens is 252 g/mol. The molecule has 0 saturated carbocycles. The second-order valence-corrected chi connectivity index (χ2v) is 4.80. The minimum absolute atomic E-state index is 0.0553. The minimum atomic E-state index is -0.0553. The Balaban J connectivity index is 2.15. The molecule has 3 rings (SSSR count). The van der Waals surface area contributed by atoms with Crippen LogP contribution in [-0.4, -0.2) is 10.9 Å². The van der Waals surface area contributed by atoms with Crippen molar-refractivity contribution in [1.82, 2.24) is 0 Å². The van der Waals surface area contributed by atoms with Gasteiger partial charge in [0.15, 0.2) is 5.78 Å². The monoisotopic (exact) mass is 266 g/mol. The first-order valence-corrected chi connectivity index (χ1v) is 6.44. The van der Waals surface area contributed by atoms with Crippen LogP contribution in [0.3, 0.4) is 0 Å². The van der Waals surface area contributed by atoms with Gasteiger partial charge in [0, 0.05) is 11.8 Å². The zero-order valence-electron chi connectivity index (χ0n) is 11.1. The summed E-state index contributed by atoms with van der Waals surface area (Å²) in [5, 5.41) is 10.3. The number of fused-ring (bicyclic) bond motifs is 1. The Morgan fingerprint density at radius 1 is 1.15 bits per heavy atom. The Kier molecular flexibility index (Phi) is 3.03. The minimum Gasteiger partial charge on any atom is -0.508 e. The van der Waals surface area contributed by atoms with Crippen molar-refractivity contribution in [2.45, 2.75) is 13.3 Å². The molecule has 0 radical (unpaired) electrons. The maximum Gasteiger partial charge on any atom is 0.163 e. The quantitative estimate of drug-likeness (QED) is 0.731. The molecule has 2 aromatic carbocycles. The molecule has 1 aromatic heterocycles. The van der Waals surface area contributed by atoms with Crippen LogP contribution in [0.2, 0.25) is 0 Å². The second-order valence-electron chi connectivity index (χ2n) is 4.80. The maximum atomic E-state index is 11.9. The molecule has 0 aliphatic rings. The predicted molar refractivity (Wildman–Crippen MR) is 77.1 cm³/mol. The lowest BCUT2D eigenvalue weighted by Gasteiger charge is -2.00. The van der Waals surface area contributed by atoms with Crippen LogP contribution in [0.25, 0.3) is 11.0 Å². The van der Waals surface area contributed by atoms with Crippen molar-refractivity contribution in [3.05, 3.63) is 65.4 Å². The molecule has 100 valence electrons. The fraction of sp³-hybridized carbons (Fsp3) is 0.118. The summed E-state index contributed by atoms with van der Waals surface area (Å²) in [6.07, 6.45) is 0.561. The SMILES string of the molecule is CC(=O)c1c(Cc2ccccc2)oc2ccc(O)cc12. The van der Waals surface area contributed by atoms with Crippen molar-refractivity contribution in [2.75, 3.05) is 0 Å². The van der Waals surface area contributed by atoms with E-state index in [1.54, 1.807) is 18.2 Å². The Bertz CT molecular complexity index is 770. The van der Waals surface area contributed by atoms with E-state index < -0.39 is 0 Å². The maximum absolute atomic E-state index is 11.9. The number of furan rings is 1. The molecule has 1 N–H and O–H groups in total. The van der Waals surface area contributed by atoms with E-state index >= 15 is 0 Å². The van der Waals surface area contributed by atoms with Crippen molar-refractivity contribution in [2.24, 2.45) is 0 Å². The van der Waals surface area contributed by atoms with Crippen molar-refractivity contribution in [1.29, 1.82) is 0 Å². The molecular formula is C17H14O3. The number of phenolic OH excluding ortho intramolecular Hbond substituents is 1. The normalized spacial score (nSPS) is 10.8. The first kappa shape index (κ1) is 12.5. The highest BCUT2D eigenvalue weighted by atomic mass is 16.3. The number of ketones is 1. The number of aromatic hydroxyl groups is 1. The summed E-state index contributed by atoms with van der Waals surface area (Å²) >= 11 is 0. The second kappa shape index (κ2) is 4.85. The highest BCUT2D eigenvalue weighted by Gasteiger charge is 2.18. The Labute approximate surface area is 116 Å². The third kappa shape index (κ3) is 2.18. The molecule has 0 bridgehead atoms. The summed E-state index contributed by atoms with van der Waals surface area (Å²) in [4.78, 5) is 11.9. The van der Waals surface area contributed by atoms with E-state index in [9.17, 15) is 9.90 Å². The van der Waals surface area contributed by atoms with Gasteiger partial charge in [0.1, 0.15) is 17.1 Å². The molecule has 0 spiro atoms. The summed E-state index contributed by atoms with van der Waals surface area (Å²) in [6.45, 7) is 1.52. The fourth-order valence-electron chi connectivity index (χ4n) is 2.43. The van der Waals surface area contributed by atoms with E-state index in [1.165, 1.54) is 6.92 Å². The van der Waals surface area contributed by atoms with Crippen LogP contribution in [0.1, 0.15) is 28.6 Å². The lowest BCUT2D eigenvalue weighted by atomic mass is 10.0. The summed E-state index contributed by atoms with van der Waals surface area (Å²) in [6, 6.07) is 14.7. The largest absolute Gasteiger partial charge is 0.508 e. The van der Waals surface area contributed by atoms with Crippen LogP contribution in [0.4, 0.5) is 0 Å². The summed E-state index contributed by atoms with van der Waals surface area (Å²) in [5.41, 5.74) is 2.26. The predicted octanol–water partition coefficient (Wildman–Crippen LogP) is 3.93. The molecule has 3 aromatic rings. The highest BCUT2D eigenvalue weighted by Crippen LogP contribution is 2.30. The average Bonchev–Trinajstić information content (AvgIpc) is 2.77. The van der Waals surface area contributed by atoms with E-state index in [1.807, 2.05) is 30.3 Å². The van der Waals surface area contributed by atoms with Gasteiger partial charge in [-0.25, -0.2) is 0 Å². The third-order valence-corrected chi connectivity index (χ3v) is 3.30. The van der Waals surface area contributed by atoms with E-state index in [4.69, 9.17) is 4.42 Å². The molecule has 20 heavy (non-hydrogen) atoms. The lowest BCUT2D eigenvalue weighted by molar-refractivity contribution is 0.101. The molecule has 3 nitrogen and oxygen atoms in total. The van der Waals surface area contributed by atoms with Gasteiger partial charge in [-0.1, -0.05) is 30.3 Å². The standard InChI is InChI=1S/C17H14O3/c1-11(18)17-14-10-13(19)7-8-15(14)20-16(17)9-12-5-3-2-4-6-12/h2-8,10,19H,9H2,1H3. The van der Waals surface area contributed by atoms with E-state index in [0.29, 0.717) is 28.7 Å². The molecule has 0 aliphatic heterocycles. The molecule has 0 aliphatic carbocycles. The number of hydrogen-bond acceptors (Lipinski definition) is 3. The zero-order valence-corrected chi connectivity index (χ0v) is 11.1. The molecule has 0 saturated heterocycles. The smallest absolute Gasteiger partial charge is 0.163 e. The van der Waals surface area contributed by atoms with Gasteiger partial charge in [-0.15, -0.1) is 0 Å². The van der Waals surface area contributed by atoms with Gasteiger partial charge in [-0.2, -0.15) is 0 Å². The first-order chi connectivity index (χ1) is 9.65. The van der Waals surface area contributed by atoms with Crippen molar-refractivity contribution < 1.29 is 14.3 Å². The van der Waals surface area contributed by atoms with Crippen LogP contribution in [0, 0.1) is 0 Å². The number of Topliss-reactive ketones (excluding diaryl/α,β-unsaturated/α-hetero) is 1. The number of hydrogen-bond donors (Lipinski definition) is 1. The van der Waals surface area contributed by atoms with Gasteiger partial charge in [0.2, 0.25) is 0 Å². The highest BCUT2D eigenvalue weighted by molar-refractivity contribution is 6.07. The lowest BCUT2D eigenvalue weighted by Crippen LogP contribution is -1.97. The molecule has 3 heteroatoms. The van der Waals surface area contributed by atoms with Crippen LogP contribution in [-0.2, 0) is 6.42 Å². The number of phenols is 1. The first-order valence-electron chi connectivity index (χ1n) is 6.44. The zero-order chi connectivity index (χ0) is 14.1. The van der Waals surface area contributed by atoms with E-state index in [0.717, 1.165) is 5.56 Å². The summed E-state index contributed by atoms with van der Waals surface area (Å²) in [5.74, 6) is 0.719. The topological polar surface area (TPSA) is 50.4 Å². The van der Waals surface area contributed by atoms with Gasteiger partial charge in [0.25, 0.3) is 0 Å². The molecule has 0 amide bonds. The van der Waals surface area contributed by atoms with Crippen LogP contribution < -0.4 is 0 Å². The Morgan fingerprint density at radius 3 is 2.60 bits per heavy atom. The van der Waals surface area contributed by atoms with Crippen LogP contribution >= 0.6 is 0 Å². The van der Waals surface area contributed by atoms with Crippen molar-refractivity contribution in [3.63, 3.8) is 0 Å². The summed E-state index contributed by atoms with van der Waals surface area (Å²) in [7, 11) is 0. The number of carbonyl (C=O) groups excluding carboxylic acids is 1. The third-order valence-electron chi connectivity index (χ3n) is 3.30. The summed E-state index contributed by atoms with van der Waals surface area (Å²) < 4.78 is 5.79. The van der Waals surface area contributed by atoms with Crippen LogP contribution in [0.15, 0.2) is 52.9 Å². The molecule has 0 unspecified atom stereocenters. The van der Waals surface area contributed by atoms with E-state index in [-0.39, 0.29) is 11.5 Å². The van der Waals surface area contributed by atoms with E-state index in [2.05, 4.69) is 0 Å². The van der Waals surface area contributed by atoms with Crippen molar-refractivity contribution in [3.8, 4) is 5.75 Å². The Hall–Kier alpha value is -2.55. The van der Waals surface area contributed by atoms with Gasteiger partial charge < -0.3 is 9.52 Å². The number of carbonyl (C=O) groups is 1. The van der Waals surface area contributed by atoms with Gasteiger partial charge in [-0.3, -0.25) is 4.79 Å². The van der Waals surface area contributed by atoms with Gasteiger partial charge in [-0.05, 0) is 30.7 Å². The molecule has 0 fully saturated rings. The van der Waals surface area contributed by atoms with Crippen LogP contribution in [0.5, 0.6) is 5.75 Å². The van der Waals surface area contributed by atoms with Gasteiger partial charge >= 0.3 is 0 Å².